The third-order valence-electron chi connectivity index (χ3n) is 2.77. The van der Waals surface area contributed by atoms with Gasteiger partial charge in [0.05, 0.1) is 0 Å². The van der Waals surface area contributed by atoms with E-state index < -0.39 is 12.4 Å². The third kappa shape index (κ3) is 3.87. The van der Waals surface area contributed by atoms with Crippen molar-refractivity contribution in [3.8, 4) is 0 Å². The van der Waals surface area contributed by atoms with Crippen LogP contribution in [0.4, 0.5) is 0 Å². The fraction of sp³-hybridized carbons (Fsp3) is 0.800. The lowest BCUT2D eigenvalue weighted by Crippen LogP contribution is -2.49. The second-order valence-electron chi connectivity index (χ2n) is 4.27. The molecule has 5 heteroatoms. The molecule has 0 aliphatic carbocycles. The highest BCUT2D eigenvalue weighted by atomic mass is 16.4. The molecule has 1 saturated heterocycles. The number of hydrogen-bond acceptors (Lipinski definition) is 3. The van der Waals surface area contributed by atoms with Crippen molar-refractivity contribution in [3.63, 3.8) is 0 Å². The summed E-state index contributed by atoms with van der Waals surface area (Å²) in [5, 5.41) is 11.2. The number of piperidine rings is 1. The second kappa shape index (κ2) is 5.11. The highest BCUT2D eigenvalue weighted by Gasteiger charge is 2.25. The second-order valence-corrected chi connectivity index (χ2v) is 4.27. The van der Waals surface area contributed by atoms with E-state index in [9.17, 15) is 9.59 Å². The molecule has 0 aromatic rings. The molecule has 0 radical (unpaired) electrons. The quantitative estimate of drug-likeness (QED) is 0.645. The molecule has 0 aromatic carbocycles. The summed E-state index contributed by atoms with van der Waals surface area (Å²) in [7, 11) is 2.05. The van der Waals surface area contributed by atoms with Crippen LogP contribution >= 0.6 is 0 Å². The largest absolute Gasteiger partial charge is 0.481 e. The maximum absolute atomic E-state index is 11.2. The molecule has 2 N–H and O–H groups in total. The fourth-order valence-electron chi connectivity index (χ4n) is 1.96. The van der Waals surface area contributed by atoms with Crippen molar-refractivity contribution in [1.82, 2.24) is 10.2 Å². The zero-order chi connectivity index (χ0) is 11.4. The molecule has 1 fully saturated rings. The minimum absolute atomic E-state index is 0.119. The molecule has 5 nitrogen and oxygen atoms in total. The molecule has 1 aliphatic heterocycles. The van der Waals surface area contributed by atoms with Crippen molar-refractivity contribution in [3.05, 3.63) is 0 Å². The smallest absolute Gasteiger partial charge is 0.312 e. The van der Waals surface area contributed by atoms with Gasteiger partial charge in [-0.25, -0.2) is 0 Å². The summed E-state index contributed by atoms with van der Waals surface area (Å²) in [6.07, 6.45) is 0.460. The SMILES string of the molecule is CC1CN(C)CCC1NC(=O)CC(=O)O. The zero-order valence-electron chi connectivity index (χ0n) is 9.19. The van der Waals surface area contributed by atoms with Crippen LogP contribution in [0.5, 0.6) is 0 Å². The summed E-state index contributed by atoms with van der Waals surface area (Å²) in [5.74, 6) is -1.08. The maximum Gasteiger partial charge on any atom is 0.312 e. The fourth-order valence-corrected chi connectivity index (χ4v) is 1.96. The average molecular weight is 214 g/mol. The first-order valence-corrected chi connectivity index (χ1v) is 5.18. The molecule has 0 spiro atoms. The number of rotatable bonds is 3. The monoisotopic (exact) mass is 214 g/mol. The molecule has 15 heavy (non-hydrogen) atoms. The van der Waals surface area contributed by atoms with Crippen LogP contribution in [0, 0.1) is 5.92 Å². The van der Waals surface area contributed by atoms with Gasteiger partial charge >= 0.3 is 5.97 Å². The Bertz CT molecular complexity index is 255. The lowest BCUT2D eigenvalue weighted by Gasteiger charge is -2.35. The van der Waals surface area contributed by atoms with Gasteiger partial charge in [0.1, 0.15) is 6.42 Å². The molecule has 2 unspecified atom stereocenters. The van der Waals surface area contributed by atoms with Crippen LogP contribution in [0.2, 0.25) is 0 Å². The van der Waals surface area contributed by atoms with E-state index in [1.807, 2.05) is 7.05 Å². The van der Waals surface area contributed by atoms with Crippen molar-refractivity contribution < 1.29 is 14.7 Å². The Morgan fingerprint density at radius 2 is 2.20 bits per heavy atom. The Labute approximate surface area is 89.4 Å². The van der Waals surface area contributed by atoms with Gasteiger partial charge in [-0.05, 0) is 25.9 Å². The molecular formula is C10H18N2O3. The number of nitrogens with one attached hydrogen (secondary N) is 1. The molecule has 0 saturated carbocycles. The minimum atomic E-state index is -1.08. The number of aliphatic carboxylic acids is 1. The van der Waals surface area contributed by atoms with E-state index in [-0.39, 0.29) is 11.9 Å². The Morgan fingerprint density at radius 1 is 1.53 bits per heavy atom. The zero-order valence-corrected chi connectivity index (χ0v) is 9.19. The van der Waals surface area contributed by atoms with Crippen LogP contribution in [0.15, 0.2) is 0 Å². The van der Waals surface area contributed by atoms with Crippen LogP contribution in [0.1, 0.15) is 19.8 Å². The van der Waals surface area contributed by atoms with Crippen LogP contribution in [0.3, 0.4) is 0 Å². The van der Waals surface area contributed by atoms with Gasteiger partial charge in [0.15, 0.2) is 0 Å². The number of carboxylic acids is 1. The van der Waals surface area contributed by atoms with Gasteiger partial charge in [-0.3, -0.25) is 9.59 Å². The number of hydrogen-bond donors (Lipinski definition) is 2. The number of likely N-dealkylation sites (tertiary alicyclic amines) is 1. The van der Waals surface area contributed by atoms with Gasteiger partial charge in [0.2, 0.25) is 5.91 Å². The first-order valence-electron chi connectivity index (χ1n) is 5.18. The molecule has 1 aliphatic rings. The Balaban J connectivity index is 2.38. The normalized spacial score (nSPS) is 27.3. The summed E-state index contributed by atoms with van der Waals surface area (Å²) in [6.45, 7) is 3.96. The summed E-state index contributed by atoms with van der Waals surface area (Å²) in [6, 6.07) is 0.119. The average Bonchev–Trinajstić information content (AvgIpc) is 2.08. The Morgan fingerprint density at radius 3 is 2.73 bits per heavy atom. The number of carbonyl (C=O) groups excluding carboxylic acids is 1. The Kier molecular flexibility index (Phi) is 4.08. The molecule has 2 atom stereocenters. The van der Waals surface area contributed by atoms with Crippen molar-refractivity contribution in [1.29, 1.82) is 0 Å². The van der Waals surface area contributed by atoms with Crippen LogP contribution < -0.4 is 5.32 Å². The first-order chi connectivity index (χ1) is 6.99. The molecule has 1 heterocycles. The molecule has 1 amide bonds. The molecule has 86 valence electrons. The first kappa shape index (κ1) is 12.0. The van der Waals surface area contributed by atoms with Gasteiger partial charge in [-0.2, -0.15) is 0 Å². The molecular weight excluding hydrogens is 196 g/mol. The van der Waals surface area contributed by atoms with E-state index in [4.69, 9.17) is 5.11 Å². The molecule has 1 rings (SSSR count). The standard InChI is InChI=1S/C10H18N2O3/c1-7-6-12(2)4-3-8(7)11-9(13)5-10(14)15/h7-8H,3-6H2,1-2H3,(H,11,13)(H,14,15). The van der Waals surface area contributed by atoms with E-state index in [0.29, 0.717) is 5.92 Å². The van der Waals surface area contributed by atoms with Crippen LogP contribution in [-0.2, 0) is 9.59 Å². The lowest BCUT2D eigenvalue weighted by atomic mass is 9.94. The minimum Gasteiger partial charge on any atom is -0.481 e. The maximum atomic E-state index is 11.2. The van der Waals surface area contributed by atoms with Gasteiger partial charge in [-0.15, -0.1) is 0 Å². The summed E-state index contributed by atoms with van der Waals surface area (Å²) in [5.41, 5.74) is 0. The van der Waals surface area contributed by atoms with Crippen molar-refractivity contribution in [2.45, 2.75) is 25.8 Å². The predicted octanol–water partition coefficient (Wildman–Crippen LogP) is -0.0825. The van der Waals surface area contributed by atoms with E-state index in [1.54, 1.807) is 0 Å². The topological polar surface area (TPSA) is 69.6 Å². The third-order valence-corrected chi connectivity index (χ3v) is 2.77. The van der Waals surface area contributed by atoms with Gasteiger partial charge in [0, 0.05) is 12.6 Å². The van der Waals surface area contributed by atoms with Crippen molar-refractivity contribution in [2.24, 2.45) is 5.92 Å². The van der Waals surface area contributed by atoms with Gasteiger partial charge in [0.25, 0.3) is 0 Å². The van der Waals surface area contributed by atoms with Gasteiger partial charge in [-0.1, -0.05) is 6.92 Å². The summed E-state index contributed by atoms with van der Waals surface area (Å²) in [4.78, 5) is 23.8. The number of carbonyl (C=O) groups is 2. The van der Waals surface area contributed by atoms with Crippen LogP contribution in [0.25, 0.3) is 0 Å². The molecule has 0 bridgehead atoms. The highest BCUT2D eigenvalue weighted by Crippen LogP contribution is 2.15. The van der Waals surface area contributed by atoms with Crippen LogP contribution in [-0.4, -0.2) is 48.1 Å². The Hall–Kier alpha value is -1.10. The van der Waals surface area contributed by atoms with E-state index in [2.05, 4.69) is 17.1 Å². The predicted molar refractivity (Wildman–Crippen MR) is 55.5 cm³/mol. The highest BCUT2D eigenvalue weighted by molar-refractivity contribution is 5.93. The van der Waals surface area contributed by atoms with Gasteiger partial charge < -0.3 is 15.3 Å². The summed E-state index contributed by atoms with van der Waals surface area (Å²) >= 11 is 0. The number of amides is 1. The number of nitrogens with zero attached hydrogens (tertiary/aromatic N) is 1. The number of carboxylic acid groups (broad SMARTS) is 1. The van der Waals surface area contributed by atoms with E-state index in [0.717, 1.165) is 19.5 Å². The lowest BCUT2D eigenvalue weighted by molar-refractivity contribution is -0.141. The van der Waals surface area contributed by atoms with E-state index >= 15 is 0 Å². The van der Waals surface area contributed by atoms with Crippen molar-refractivity contribution in [2.75, 3.05) is 20.1 Å². The van der Waals surface area contributed by atoms with Crippen molar-refractivity contribution >= 4 is 11.9 Å². The molecule has 0 aromatic heterocycles. The summed E-state index contributed by atoms with van der Waals surface area (Å²) < 4.78 is 0. The van der Waals surface area contributed by atoms with E-state index in [1.165, 1.54) is 0 Å².